The maximum Gasteiger partial charge on any atom is 0.194 e. The lowest BCUT2D eigenvalue weighted by molar-refractivity contribution is 0.000788. The maximum absolute atomic E-state index is 10.6. The van der Waals surface area contributed by atoms with E-state index in [0.717, 1.165) is 51.0 Å². The van der Waals surface area contributed by atoms with Gasteiger partial charge in [0.1, 0.15) is 11.4 Å². The normalized spacial score (nSPS) is 21.4. The van der Waals surface area contributed by atoms with Gasteiger partial charge in [0.05, 0.1) is 18.9 Å². The van der Waals surface area contributed by atoms with Crippen LogP contribution < -0.4 is 5.32 Å². The van der Waals surface area contributed by atoms with Crippen molar-refractivity contribution in [3.63, 3.8) is 0 Å². The quantitative estimate of drug-likeness (QED) is 0.336. The third-order valence-corrected chi connectivity index (χ3v) is 5.71. The van der Waals surface area contributed by atoms with Crippen LogP contribution in [-0.2, 0) is 10.3 Å². The fraction of sp³-hybridized carbons (Fsp3) is 0.762. The molecule has 1 saturated carbocycles. The molecule has 2 aliphatic rings. The summed E-state index contributed by atoms with van der Waals surface area (Å²) in [5.74, 6) is 2.19. The Bertz CT molecular complexity index is 578. The highest BCUT2D eigenvalue weighted by Crippen LogP contribution is 2.26. The Labute approximate surface area is 186 Å². The van der Waals surface area contributed by atoms with Gasteiger partial charge in [0, 0.05) is 26.2 Å². The van der Waals surface area contributed by atoms with Gasteiger partial charge in [-0.2, -0.15) is 0 Å². The van der Waals surface area contributed by atoms with E-state index >= 15 is 0 Å². The minimum absolute atomic E-state index is 0. The Kier molecular flexibility index (Phi) is 9.56. The van der Waals surface area contributed by atoms with Gasteiger partial charge < -0.3 is 24.5 Å². The number of nitrogens with zero attached hydrogens (tertiary/aromatic N) is 2. The predicted molar refractivity (Wildman–Crippen MR) is 122 cm³/mol. The number of aliphatic hydroxyl groups is 1. The van der Waals surface area contributed by atoms with Crippen LogP contribution >= 0.6 is 24.0 Å². The summed E-state index contributed by atoms with van der Waals surface area (Å²) in [4.78, 5) is 6.95. The molecule has 0 radical (unpaired) electrons. The minimum atomic E-state index is -1.10. The van der Waals surface area contributed by atoms with Crippen LogP contribution in [0.4, 0.5) is 0 Å². The molecule has 0 spiro atoms. The maximum atomic E-state index is 10.6. The molecule has 1 aromatic heterocycles. The molecule has 1 aliphatic heterocycles. The molecular weight excluding hydrogens is 469 g/mol. The van der Waals surface area contributed by atoms with Gasteiger partial charge in [-0.3, -0.25) is 0 Å². The van der Waals surface area contributed by atoms with E-state index < -0.39 is 5.60 Å². The second kappa shape index (κ2) is 11.4. The lowest BCUT2D eigenvalue weighted by Gasteiger charge is -2.35. The lowest BCUT2D eigenvalue weighted by atomic mass is 10.0. The zero-order valence-corrected chi connectivity index (χ0v) is 19.6. The van der Waals surface area contributed by atoms with E-state index in [1.807, 2.05) is 0 Å². The third-order valence-electron chi connectivity index (χ3n) is 5.71. The summed E-state index contributed by atoms with van der Waals surface area (Å²) in [7, 11) is 0. The number of halogens is 1. The van der Waals surface area contributed by atoms with Gasteiger partial charge in [-0.05, 0) is 57.6 Å². The Balaban J connectivity index is 0.00000280. The van der Waals surface area contributed by atoms with Gasteiger partial charge in [0.15, 0.2) is 5.96 Å². The van der Waals surface area contributed by atoms with Crippen molar-refractivity contribution in [2.24, 2.45) is 10.9 Å². The highest BCUT2D eigenvalue weighted by molar-refractivity contribution is 14.0. The first-order valence-corrected chi connectivity index (χ1v) is 10.5. The summed E-state index contributed by atoms with van der Waals surface area (Å²) < 4.78 is 11.5. The second-order valence-corrected chi connectivity index (χ2v) is 8.09. The van der Waals surface area contributed by atoms with Gasteiger partial charge in [0.2, 0.25) is 0 Å². The molecule has 2 heterocycles. The average molecular weight is 505 g/mol. The number of likely N-dealkylation sites (tertiary alicyclic amines) is 1. The van der Waals surface area contributed by atoms with E-state index in [9.17, 15) is 5.11 Å². The molecule has 2 N–H and O–H groups in total. The molecular formula is C21H36IN3O3. The van der Waals surface area contributed by atoms with Crippen LogP contribution in [-0.4, -0.2) is 54.9 Å². The van der Waals surface area contributed by atoms with Crippen LogP contribution in [0.15, 0.2) is 27.8 Å². The highest BCUT2D eigenvalue weighted by atomic mass is 127. The molecule has 160 valence electrons. The standard InChI is InChI=1S/C21H35N3O3.HI/c1-3-22-20(23-16-21(2,25)19-9-6-14-26-19)24-12-10-18(11-13-24)27-15-17-7-4-5-8-17;/h6,9,14,17-18,25H,3-5,7-8,10-13,15-16H2,1-2H3,(H,22,23);1H. The summed E-state index contributed by atoms with van der Waals surface area (Å²) in [6.07, 6.45) is 9.44. The summed E-state index contributed by atoms with van der Waals surface area (Å²) in [5.41, 5.74) is -1.10. The van der Waals surface area contributed by atoms with Crippen LogP contribution in [0.1, 0.15) is 58.1 Å². The van der Waals surface area contributed by atoms with Crippen molar-refractivity contribution in [2.75, 3.05) is 32.8 Å². The molecule has 7 heteroatoms. The molecule has 1 aliphatic carbocycles. The van der Waals surface area contributed by atoms with Crippen molar-refractivity contribution >= 4 is 29.9 Å². The van der Waals surface area contributed by atoms with Gasteiger partial charge in [0.25, 0.3) is 0 Å². The van der Waals surface area contributed by atoms with Crippen molar-refractivity contribution in [1.82, 2.24) is 10.2 Å². The topological polar surface area (TPSA) is 70.2 Å². The minimum Gasteiger partial charge on any atom is -0.466 e. The molecule has 1 atom stereocenters. The van der Waals surface area contributed by atoms with E-state index in [4.69, 9.17) is 9.15 Å². The third kappa shape index (κ3) is 6.62. The Morgan fingerprint density at radius 3 is 2.64 bits per heavy atom. The largest absolute Gasteiger partial charge is 0.466 e. The van der Waals surface area contributed by atoms with E-state index in [1.54, 1.807) is 25.3 Å². The number of guanidine groups is 1. The van der Waals surface area contributed by atoms with Crippen molar-refractivity contribution < 1.29 is 14.3 Å². The van der Waals surface area contributed by atoms with Gasteiger partial charge in [-0.25, -0.2) is 4.99 Å². The smallest absolute Gasteiger partial charge is 0.194 e. The van der Waals surface area contributed by atoms with Crippen molar-refractivity contribution in [2.45, 2.75) is 64.1 Å². The lowest BCUT2D eigenvalue weighted by Crippen LogP contribution is -2.47. The number of rotatable bonds is 7. The monoisotopic (exact) mass is 505 g/mol. The number of hydrogen-bond acceptors (Lipinski definition) is 4. The molecule has 0 aromatic carbocycles. The molecule has 1 aromatic rings. The van der Waals surface area contributed by atoms with Crippen LogP contribution in [0.25, 0.3) is 0 Å². The molecule has 0 amide bonds. The SMILES string of the molecule is CCNC(=NCC(C)(O)c1ccco1)N1CCC(OCC2CCCC2)CC1.I. The second-order valence-electron chi connectivity index (χ2n) is 8.09. The molecule has 3 rings (SSSR count). The van der Waals surface area contributed by atoms with Crippen molar-refractivity contribution in [3.8, 4) is 0 Å². The highest BCUT2D eigenvalue weighted by Gasteiger charge is 2.28. The predicted octanol–water partition coefficient (Wildman–Crippen LogP) is 3.74. The van der Waals surface area contributed by atoms with Gasteiger partial charge >= 0.3 is 0 Å². The van der Waals surface area contributed by atoms with Crippen LogP contribution in [0.5, 0.6) is 0 Å². The first-order chi connectivity index (χ1) is 13.1. The molecule has 6 nitrogen and oxygen atoms in total. The van der Waals surface area contributed by atoms with Crippen LogP contribution in [0.2, 0.25) is 0 Å². The van der Waals surface area contributed by atoms with E-state index in [2.05, 4.69) is 22.1 Å². The molecule has 1 unspecified atom stereocenters. The summed E-state index contributed by atoms with van der Waals surface area (Å²) in [6.45, 7) is 7.68. The Morgan fingerprint density at radius 1 is 1.32 bits per heavy atom. The van der Waals surface area contributed by atoms with E-state index in [1.165, 1.54) is 25.7 Å². The summed E-state index contributed by atoms with van der Waals surface area (Å²) in [5, 5.41) is 14.0. The zero-order valence-electron chi connectivity index (χ0n) is 17.2. The van der Waals surface area contributed by atoms with E-state index in [-0.39, 0.29) is 30.5 Å². The molecule has 28 heavy (non-hydrogen) atoms. The first-order valence-electron chi connectivity index (χ1n) is 10.5. The van der Waals surface area contributed by atoms with Crippen LogP contribution in [0.3, 0.4) is 0 Å². The van der Waals surface area contributed by atoms with Crippen molar-refractivity contribution in [1.29, 1.82) is 0 Å². The number of nitrogens with one attached hydrogen (secondary N) is 1. The fourth-order valence-corrected chi connectivity index (χ4v) is 4.00. The molecule has 2 fully saturated rings. The summed E-state index contributed by atoms with van der Waals surface area (Å²) in [6, 6.07) is 3.57. The average Bonchev–Trinajstić information content (AvgIpc) is 3.38. The Morgan fingerprint density at radius 2 is 2.04 bits per heavy atom. The fourth-order valence-electron chi connectivity index (χ4n) is 4.00. The van der Waals surface area contributed by atoms with Gasteiger partial charge in [-0.1, -0.05) is 12.8 Å². The first kappa shape index (κ1) is 23.5. The summed E-state index contributed by atoms with van der Waals surface area (Å²) >= 11 is 0. The van der Waals surface area contributed by atoms with Crippen molar-refractivity contribution in [3.05, 3.63) is 24.2 Å². The van der Waals surface area contributed by atoms with E-state index in [0.29, 0.717) is 11.9 Å². The molecule has 0 bridgehead atoms. The zero-order chi connectivity index (χ0) is 19.1. The molecule has 1 saturated heterocycles. The van der Waals surface area contributed by atoms with Gasteiger partial charge in [-0.15, -0.1) is 24.0 Å². The number of ether oxygens (including phenoxy) is 1. The number of furan rings is 1. The van der Waals surface area contributed by atoms with Crippen LogP contribution in [0, 0.1) is 5.92 Å². The number of aliphatic imine (C=N–C) groups is 1. The number of piperidine rings is 1. The Hall–Kier alpha value is -0.800. The number of hydrogen-bond donors (Lipinski definition) is 2.